The van der Waals surface area contributed by atoms with Crippen LogP contribution in [0.5, 0.6) is 11.5 Å². The molecule has 0 aliphatic heterocycles. The Bertz CT molecular complexity index is 2150. The number of fused-ring (bicyclic) bond motifs is 1. The van der Waals surface area contributed by atoms with Crippen molar-refractivity contribution >= 4 is 28.2 Å². The normalized spacial score (nSPS) is 11.2. The highest BCUT2D eigenvalue weighted by Gasteiger charge is 2.21. The van der Waals surface area contributed by atoms with Crippen LogP contribution in [-0.2, 0) is 20.2 Å². The number of hydrogen-bond donors (Lipinski definition) is 2. The number of benzene rings is 2. The molecule has 3 aromatic heterocycles. The van der Waals surface area contributed by atoms with Gasteiger partial charge in [0.25, 0.3) is 11.1 Å². The first-order chi connectivity index (χ1) is 20.5. The lowest BCUT2D eigenvalue weighted by atomic mass is 10.2. The van der Waals surface area contributed by atoms with Crippen molar-refractivity contribution in [3.8, 4) is 17.2 Å². The van der Waals surface area contributed by atoms with E-state index in [0.717, 1.165) is 34.9 Å². The molecule has 5 rings (SSSR count). The molecule has 0 saturated carbocycles. The van der Waals surface area contributed by atoms with Crippen molar-refractivity contribution in [2.75, 3.05) is 6.61 Å². The van der Waals surface area contributed by atoms with Crippen LogP contribution in [0.2, 0.25) is 0 Å². The first kappa shape index (κ1) is 29.1. The molecule has 43 heavy (non-hydrogen) atoms. The van der Waals surface area contributed by atoms with Crippen LogP contribution in [0.25, 0.3) is 16.6 Å². The molecule has 12 nitrogen and oxygen atoms in total. The average molecular weight is 617 g/mol. The minimum Gasteiger partial charge on any atom is -0.491 e. The van der Waals surface area contributed by atoms with Crippen molar-refractivity contribution in [2.45, 2.75) is 13.2 Å². The summed E-state index contributed by atoms with van der Waals surface area (Å²) in [5.41, 5.74) is -4.34. The molecule has 0 saturated heterocycles. The molecular weight excluding hydrogens is 597 g/mol. The van der Waals surface area contributed by atoms with Crippen molar-refractivity contribution in [3.05, 3.63) is 118 Å². The number of aromatic nitrogens is 4. The summed E-state index contributed by atoms with van der Waals surface area (Å²) < 4.78 is 57.3. The molecule has 16 heteroatoms. The molecule has 0 aliphatic rings. The number of carboxylic acid groups (broad SMARTS) is 1. The number of halogens is 3. The van der Waals surface area contributed by atoms with Crippen molar-refractivity contribution < 1.29 is 32.5 Å². The molecule has 0 aliphatic carbocycles. The summed E-state index contributed by atoms with van der Waals surface area (Å²) in [4.78, 5) is 63.5. The van der Waals surface area contributed by atoms with Gasteiger partial charge >= 0.3 is 17.3 Å². The van der Waals surface area contributed by atoms with Crippen LogP contribution in [0.3, 0.4) is 0 Å². The van der Waals surface area contributed by atoms with Gasteiger partial charge in [-0.1, -0.05) is 0 Å². The standard InChI is InChI=1S/C27H19F3N4O8S/c1-32-7-6-20(35)33(27(32)40)8-9-41-19-5-4-16(29)22(30)14(19)11-42-13-2-3-15(28)18(10-13)34-24(36)21-17(31-26(34)39)12-43-23(21)25(37)38/h2-7,10,12H,8-9,11H2,1H3,(H,31,39)(H,37,38). The van der Waals surface area contributed by atoms with Crippen LogP contribution in [0, 0.1) is 17.5 Å². The highest BCUT2D eigenvalue weighted by molar-refractivity contribution is 7.13. The third-order valence-corrected chi connectivity index (χ3v) is 7.32. The first-order valence-corrected chi connectivity index (χ1v) is 13.1. The zero-order chi connectivity index (χ0) is 31.0. The van der Waals surface area contributed by atoms with E-state index >= 15 is 0 Å². The number of ether oxygens (including phenoxy) is 2. The van der Waals surface area contributed by atoms with Crippen LogP contribution in [0.4, 0.5) is 13.2 Å². The SMILES string of the molecule is Cn1ccc(=O)n(CCOc2ccc(F)c(F)c2COc2ccc(F)c(-n3c(=O)[nH]c4csc(C(=O)O)c4c3=O)c2)c1=O. The number of rotatable bonds is 9. The summed E-state index contributed by atoms with van der Waals surface area (Å²) in [5.74, 6) is -5.32. The Balaban J connectivity index is 1.43. The molecule has 2 N–H and O–H groups in total. The lowest BCUT2D eigenvalue weighted by Gasteiger charge is -2.15. The van der Waals surface area contributed by atoms with Crippen molar-refractivity contribution in [1.29, 1.82) is 0 Å². The van der Waals surface area contributed by atoms with Crippen LogP contribution in [-0.4, -0.2) is 36.4 Å². The Morgan fingerprint density at radius 3 is 2.51 bits per heavy atom. The van der Waals surface area contributed by atoms with Gasteiger partial charge in [0.2, 0.25) is 0 Å². The summed E-state index contributed by atoms with van der Waals surface area (Å²) >= 11 is 0.708. The lowest BCUT2D eigenvalue weighted by Crippen LogP contribution is -2.39. The van der Waals surface area contributed by atoms with E-state index in [1.807, 2.05) is 0 Å². The van der Waals surface area contributed by atoms with Gasteiger partial charge in [-0.15, -0.1) is 11.3 Å². The zero-order valence-corrected chi connectivity index (χ0v) is 22.7. The zero-order valence-electron chi connectivity index (χ0n) is 21.9. The second-order valence-electron chi connectivity index (χ2n) is 9.02. The third-order valence-electron chi connectivity index (χ3n) is 6.35. The lowest BCUT2D eigenvalue weighted by molar-refractivity contribution is 0.0704. The molecule has 222 valence electrons. The maximum Gasteiger partial charge on any atom is 0.346 e. The summed E-state index contributed by atoms with van der Waals surface area (Å²) in [6, 6.07) is 6.04. The number of carbonyl (C=O) groups is 1. The maximum atomic E-state index is 14.8. The molecule has 5 aromatic rings. The van der Waals surface area contributed by atoms with Crippen molar-refractivity contribution in [2.24, 2.45) is 7.05 Å². The summed E-state index contributed by atoms with van der Waals surface area (Å²) in [6.07, 6.45) is 1.30. The van der Waals surface area contributed by atoms with Gasteiger partial charge < -0.3 is 24.1 Å². The number of carboxylic acids is 1. The predicted octanol–water partition coefficient (Wildman–Crippen LogP) is 2.37. The highest BCUT2D eigenvalue weighted by atomic mass is 32.1. The number of aryl methyl sites for hydroxylation is 1. The molecule has 0 radical (unpaired) electrons. The van der Waals surface area contributed by atoms with Gasteiger partial charge in [0.15, 0.2) is 11.6 Å². The van der Waals surface area contributed by atoms with Gasteiger partial charge in [-0.05, 0) is 24.3 Å². The van der Waals surface area contributed by atoms with E-state index in [4.69, 9.17) is 9.47 Å². The van der Waals surface area contributed by atoms with E-state index in [2.05, 4.69) is 4.98 Å². The molecule has 2 aromatic carbocycles. The molecule has 0 fully saturated rings. The maximum absolute atomic E-state index is 14.8. The van der Waals surface area contributed by atoms with E-state index in [-0.39, 0.29) is 46.0 Å². The Hall–Kier alpha value is -5.38. The molecular formula is C27H19F3N4O8S. The fraction of sp³-hybridized carbons (Fsp3) is 0.148. The van der Waals surface area contributed by atoms with Gasteiger partial charge in [0.1, 0.15) is 35.4 Å². The molecule has 3 heterocycles. The van der Waals surface area contributed by atoms with Crippen LogP contribution >= 0.6 is 11.3 Å². The quantitative estimate of drug-likeness (QED) is 0.256. The fourth-order valence-electron chi connectivity index (χ4n) is 4.23. The Kier molecular flexibility index (Phi) is 7.78. The third kappa shape index (κ3) is 5.46. The Morgan fingerprint density at radius 2 is 1.77 bits per heavy atom. The molecule has 0 spiro atoms. The van der Waals surface area contributed by atoms with E-state index in [1.54, 1.807) is 0 Å². The van der Waals surface area contributed by atoms with Gasteiger partial charge in [-0.2, -0.15) is 0 Å². The van der Waals surface area contributed by atoms with Crippen LogP contribution in [0.1, 0.15) is 15.2 Å². The minimum absolute atomic E-state index is 0.0342. The second kappa shape index (κ2) is 11.5. The minimum atomic E-state index is -1.42. The molecule has 0 amide bonds. The molecule has 0 bridgehead atoms. The number of nitrogens with one attached hydrogen (secondary N) is 1. The smallest absolute Gasteiger partial charge is 0.346 e. The Labute approximate surface area is 241 Å². The first-order valence-electron chi connectivity index (χ1n) is 12.3. The number of aromatic amines is 1. The van der Waals surface area contributed by atoms with E-state index in [9.17, 15) is 42.3 Å². The summed E-state index contributed by atoms with van der Waals surface area (Å²) in [7, 11) is 1.45. The van der Waals surface area contributed by atoms with Crippen LogP contribution in [0.15, 0.2) is 67.2 Å². The van der Waals surface area contributed by atoms with Gasteiger partial charge in [-0.25, -0.2) is 32.1 Å². The fourth-order valence-corrected chi connectivity index (χ4v) is 5.06. The molecule has 0 atom stereocenters. The summed E-state index contributed by atoms with van der Waals surface area (Å²) in [5, 5.41) is 10.3. The van der Waals surface area contributed by atoms with E-state index in [0.29, 0.717) is 15.9 Å². The summed E-state index contributed by atoms with van der Waals surface area (Å²) in [6.45, 7) is -1.13. The van der Waals surface area contributed by atoms with Gasteiger partial charge in [-0.3, -0.25) is 14.2 Å². The number of nitrogens with zero attached hydrogens (tertiary/aromatic N) is 3. The topological polar surface area (TPSA) is 155 Å². The van der Waals surface area contributed by atoms with Gasteiger partial charge in [0, 0.05) is 30.8 Å². The van der Waals surface area contributed by atoms with Gasteiger partial charge in [0.05, 0.1) is 28.7 Å². The van der Waals surface area contributed by atoms with E-state index in [1.165, 1.54) is 29.3 Å². The van der Waals surface area contributed by atoms with E-state index < -0.39 is 58.2 Å². The van der Waals surface area contributed by atoms with Crippen molar-refractivity contribution in [3.63, 3.8) is 0 Å². The molecule has 0 unspecified atom stereocenters. The number of aromatic carboxylic acids is 1. The predicted molar refractivity (Wildman–Crippen MR) is 147 cm³/mol. The highest BCUT2D eigenvalue weighted by Crippen LogP contribution is 2.27. The van der Waals surface area contributed by atoms with Crippen LogP contribution < -0.4 is 32.0 Å². The number of hydrogen-bond acceptors (Lipinski definition) is 8. The second-order valence-corrected chi connectivity index (χ2v) is 9.90. The monoisotopic (exact) mass is 616 g/mol. The van der Waals surface area contributed by atoms with Crippen molar-refractivity contribution in [1.82, 2.24) is 18.7 Å². The average Bonchev–Trinajstić information content (AvgIpc) is 3.40. The number of H-pyrrole nitrogens is 1. The largest absolute Gasteiger partial charge is 0.491 e. The number of thiophene rings is 1. The Morgan fingerprint density at radius 1 is 1.02 bits per heavy atom.